The third-order valence-electron chi connectivity index (χ3n) is 5.16. The zero-order valence-electron chi connectivity index (χ0n) is 14.5. The van der Waals surface area contributed by atoms with Gasteiger partial charge in [-0.25, -0.2) is 0 Å². The fourth-order valence-corrected chi connectivity index (χ4v) is 3.05. The number of fused-ring (bicyclic) bond motifs is 1. The lowest BCUT2D eigenvalue weighted by atomic mass is 9.93. The first-order valence-corrected chi connectivity index (χ1v) is 7.73. The molecule has 3 aromatic rings. The van der Waals surface area contributed by atoms with Crippen LogP contribution >= 0.6 is 0 Å². The third-order valence-corrected chi connectivity index (χ3v) is 5.16. The maximum atomic E-state index is 4.72. The summed E-state index contributed by atoms with van der Waals surface area (Å²) in [4.78, 5) is 1.81. The standard InChI is InChI=1S/C19H23N3/c1-10-8-17-18(9-11(10)2)21-22(20-17)19-15(6)13(4)12(3)14(5)16(19)7/h8-9H,1-7H3. The van der Waals surface area contributed by atoms with Crippen molar-refractivity contribution >= 4 is 11.0 Å². The van der Waals surface area contributed by atoms with Gasteiger partial charge in [0, 0.05) is 0 Å². The molecule has 3 nitrogen and oxygen atoms in total. The summed E-state index contributed by atoms with van der Waals surface area (Å²) in [5.74, 6) is 0. The molecule has 0 aliphatic rings. The molecule has 0 spiro atoms. The Labute approximate surface area is 132 Å². The number of aryl methyl sites for hydroxylation is 2. The van der Waals surface area contributed by atoms with E-state index in [1.54, 1.807) is 0 Å². The van der Waals surface area contributed by atoms with Crippen LogP contribution in [0.1, 0.15) is 38.9 Å². The molecule has 0 fully saturated rings. The minimum Gasteiger partial charge on any atom is -0.150 e. The van der Waals surface area contributed by atoms with E-state index in [-0.39, 0.29) is 0 Å². The second kappa shape index (κ2) is 4.94. The molecule has 0 bridgehead atoms. The minimum absolute atomic E-state index is 0.956. The summed E-state index contributed by atoms with van der Waals surface area (Å²) >= 11 is 0. The van der Waals surface area contributed by atoms with Crippen LogP contribution < -0.4 is 0 Å². The van der Waals surface area contributed by atoms with E-state index in [0.717, 1.165) is 16.7 Å². The van der Waals surface area contributed by atoms with Gasteiger partial charge in [0.15, 0.2) is 0 Å². The molecule has 0 N–H and O–H groups in total. The zero-order valence-corrected chi connectivity index (χ0v) is 14.5. The first-order valence-electron chi connectivity index (χ1n) is 7.73. The van der Waals surface area contributed by atoms with Gasteiger partial charge in [-0.05, 0) is 99.5 Å². The van der Waals surface area contributed by atoms with E-state index >= 15 is 0 Å². The van der Waals surface area contributed by atoms with Crippen molar-refractivity contribution in [2.75, 3.05) is 0 Å². The van der Waals surface area contributed by atoms with E-state index in [1.165, 1.54) is 38.9 Å². The van der Waals surface area contributed by atoms with Gasteiger partial charge in [-0.3, -0.25) is 0 Å². The Morgan fingerprint density at radius 1 is 0.591 bits per heavy atom. The molecule has 114 valence electrons. The van der Waals surface area contributed by atoms with Crippen LogP contribution in [0.15, 0.2) is 12.1 Å². The molecule has 0 amide bonds. The number of aromatic nitrogens is 3. The Kier molecular flexibility index (Phi) is 3.32. The second-order valence-corrected chi connectivity index (χ2v) is 6.39. The van der Waals surface area contributed by atoms with Crippen molar-refractivity contribution < 1.29 is 0 Å². The summed E-state index contributed by atoms with van der Waals surface area (Å²) in [5.41, 5.74) is 12.1. The number of hydrogen-bond donors (Lipinski definition) is 0. The fourth-order valence-electron chi connectivity index (χ4n) is 3.05. The van der Waals surface area contributed by atoms with Gasteiger partial charge >= 0.3 is 0 Å². The Hall–Kier alpha value is -2.16. The van der Waals surface area contributed by atoms with Gasteiger partial charge in [-0.1, -0.05) is 0 Å². The lowest BCUT2D eigenvalue weighted by Crippen LogP contribution is -2.08. The average molecular weight is 293 g/mol. The number of rotatable bonds is 1. The highest BCUT2D eigenvalue weighted by molar-refractivity contribution is 5.76. The van der Waals surface area contributed by atoms with E-state index < -0.39 is 0 Å². The van der Waals surface area contributed by atoms with Crippen molar-refractivity contribution in [3.8, 4) is 5.69 Å². The Morgan fingerprint density at radius 3 is 1.36 bits per heavy atom. The van der Waals surface area contributed by atoms with Crippen LogP contribution in [0.25, 0.3) is 16.7 Å². The third kappa shape index (κ3) is 2.04. The van der Waals surface area contributed by atoms with Crippen LogP contribution in [0.2, 0.25) is 0 Å². The number of hydrogen-bond acceptors (Lipinski definition) is 2. The minimum atomic E-state index is 0.956. The van der Waals surface area contributed by atoms with Crippen LogP contribution in [0.4, 0.5) is 0 Å². The van der Waals surface area contributed by atoms with E-state index in [2.05, 4.69) is 60.6 Å². The van der Waals surface area contributed by atoms with Crippen LogP contribution in [-0.2, 0) is 0 Å². The molecule has 0 saturated heterocycles. The van der Waals surface area contributed by atoms with Gasteiger partial charge in [0.1, 0.15) is 11.0 Å². The molecular weight excluding hydrogens is 270 g/mol. The maximum Gasteiger partial charge on any atom is 0.113 e. The van der Waals surface area contributed by atoms with E-state index in [9.17, 15) is 0 Å². The summed E-state index contributed by atoms with van der Waals surface area (Å²) in [6.07, 6.45) is 0. The molecule has 0 unspecified atom stereocenters. The SMILES string of the molecule is Cc1cc2nn(-c3c(C)c(C)c(C)c(C)c3C)nc2cc1C. The van der Waals surface area contributed by atoms with Crippen molar-refractivity contribution in [3.05, 3.63) is 51.1 Å². The highest BCUT2D eigenvalue weighted by Crippen LogP contribution is 2.29. The second-order valence-electron chi connectivity index (χ2n) is 6.39. The molecule has 22 heavy (non-hydrogen) atoms. The van der Waals surface area contributed by atoms with Crippen molar-refractivity contribution in [2.24, 2.45) is 0 Å². The molecule has 3 rings (SSSR count). The van der Waals surface area contributed by atoms with Gasteiger partial charge in [-0.15, -0.1) is 15.0 Å². The first-order chi connectivity index (χ1) is 10.3. The predicted molar refractivity (Wildman–Crippen MR) is 92.0 cm³/mol. The molecule has 0 radical (unpaired) electrons. The smallest absolute Gasteiger partial charge is 0.113 e. The predicted octanol–water partition coefficient (Wildman–Crippen LogP) is 4.58. The normalized spacial score (nSPS) is 11.4. The van der Waals surface area contributed by atoms with E-state index in [4.69, 9.17) is 10.2 Å². The summed E-state index contributed by atoms with van der Waals surface area (Å²) in [6.45, 7) is 15.1. The van der Waals surface area contributed by atoms with Crippen LogP contribution in [-0.4, -0.2) is 15.0 Å². The van der Waals surface area contributed by atoms with Crippen molar-refractivity contribution in [1.82, 2.24) is 15.0 Å². The van der Waals surface area contributed by atoms with E-state index in [0.29, 0.717) is 0 Å². The largest absolute Gasteiger partial charge is 0.150 e. The number of nitrogens with zero attached hydrogens (tertiary/aromatic N) is 3. The van der Waals surface area contributed by atoms with Crippen molar-refractivity contribution in [1.29, 1.82) is 0 Å². The zero-order chi connectivity index (χ0) is 16.2. The molecule has 1 aromatic heterocycles. The van der Waals surface area contributed by atoms with Crippen molar-refractivity contribution in [2.45, 2.75) is 48.5 Å². The Morgan fingerprint density at radius 2 is 0.955 bits per heavy atom. The van der Waals surface area contributed by atoms with E-state index in [1.807, 2.05) is 4.80 Å². The molecule has 2 aromatic carbocycles. The highest BCUT2D eigenvalue weighted by atomic mass is 15.5. The molecule has 0 saturated carbocycles. The molecular formula is C19H23N3. The summed E-state index contributed by atoms with van der Waals surface area (Å²) in [6, 6.07) is 4.24. The number of benzene rings is 2. The van der Waals surface area contributed by atoms with Gasteiger partial charge in [-0.2, -0.15) is 0 Å². The quantitative estimate of drug-likeness (QED) is 0.657. The molecule has 0 aliphatic heterocycles. The first kappa shape index (κ1) is 14.8. The Bertz CT molecular complexity index is 833. The Balaban J connectivity index is 2.33. The van der Waals surface area contributed by atoms with Crippen LogP contribution in [0, 0.1) is 48.5 Å². The fraction of sp³-hybridized carbons (Fsp3) is 0.368. The highest BCUT2D eigenvalue weighted by Gasteiger charge is 2.16. The average Bonchev–Trinajstić information content (AvgIpc) is 2.86. The lowest BCUT2D eigenvalue weighted by molar-refractivity contribution is 0.751. The van der Waals surface area contributed by atoms with Gasteiger partial charge in [0.05, 0.1) is 5.69 Å². The summed E-state index contributed by atoms with van der Waals surface area (Å²) in [5, 5.41) is 9.45. The monoisotopic (exact) mass is 293 g/mol. The molecule has 0 aliphatic carbocycles. The molecule has 0 atom stereocenters. The van der Waals surface area contributed by atoms with Gasteiger partial charge in [0.2, 0.25) is 0 Å². The van der Waals surface area contributed by atoms with Crippen LogP contribution in [0.3, 0.4) is 0 Å². The maximum absolute atomic E-state index is 4.72. The van der Waals surface area contributed by atoms with Crippen LogP contribution in [0.5, 0.6) is 0 Å². The van der Waals surface area contributed by atoms with Crippen molar-refractivity contribution in [3.63, 3.8) is 0 Å². The summed E-state index contributed by atoms with van der Waals surface area (Å²) < 4.78 is 0. The van der Waals surface area contributed by atoms with Gasteiger partial charge < -0.3 is 0 Å². The summed E-state index contributed by atoms with van der Waals surface area (Å²) in [7, 11) is 0. The lowest BCUT2D eigenvalue weighted by Gasteiger charge is -2.17. The molecule has 3 heteroatoms. The topological polar surface area (TPSA) is 30.7 Å². The van der Waals surface area contributed by atoms with Gasteiger partial charge in [0.25, 0.3) is 0 Å². The molecule has 1 heterocycles.